The summed E-state index contributed by atoms with van der Waals surface area (Å²) < 4.78 is 0. The maximum Gasteiger partial charge on any atom is 0.240 e. The van der Waals surface area contributed by atoms with Crippen molar-refractivity contribution in [3.8, 4) is 0 Å². The van der Waals surface area contributed by atoms with Gasteiger partial charge in [-0.25, -0.2) is 0 Å². The van der Waals surface area contributed by atoms with Crippen molar-refractivity contribution >= 4 is 5.91 Å². The van der Waals surface area contributed by atoms with Gasteiger partial charge in [0.2, 0.25) is 5.91 Å². The lowest BCUT2D eigenvalue weighted by Gasteiger charge is -2.28. The monoisotopic (exact) mass is 154 g/mol. The highest BCUT2D eigenvalue weighted by atomic mass is 16.2. The van der Waals surface area contributed by atoms with Crippen molar-refractivity contribution in [1.29, 1.82) is 0 Å². The van der Waals surface area contributed by atoms with Crippen molar-refractivity contribution < 1.29 is 4.79 Å². The second-order valence-electron chi connectivity index (χ2n) is 2.64. The minimum atomic E-state index is 0.142. The van der Waals surface area contributed by atoms with E-state index in [1.54, 1.807) is 4.90 Å². The first kappa shape index (κ1) is 8.27. The van der Waals surface area contributed by atoms with Gasteiger partial charge in [0.25, 0.3) is 0 Å². The van der Waals surface area contributed by atoms with E-state index in [1.807, 2.05) is 6.92 Å². The van der Waals surface area contributed by atoms with Gasteiger partial charge in [0, 0.05) is 18.8 Å². The second-order valence-corrected chi connectivity index (χ2v) is 2.64. The fourth-order valence-corrected chi connectivity index (χ4v) is 1.13. The van der Waals surface area contributed by atoms with Gasteiger partial charge in [-0.05, 0) is 6.42 Å². The number of allylic oxidation sites excluding steroid dienone is 1. The standard InChI is InChI=1S/C8H14N2O/c1-3-7(2)10-5-4-9-6-8(10)11/h9H,2-6H2,1H3. The van der Waals surface area contributed by atoms with Crippen molar-refractivity contribution in [2.45, 2.75) is 13.3 Å². The van der Waals surface area contributed by atoms with Crippen LogP contribution in [0.25, 0.3) is 0 Å². The topological polar surface area (TPSA) is 32.3 Å². The molecule has 1 amide bonds. The largest absolute Gasteiger partial charge is 0.314 e. The average Bonchev–Trinajstić information content (AvgIpc) is 2.04. The maximum absolute atomic E-state index is 11.2. The van der Waals surface area contributed by atoms with Crippen LogP contribution in [0, 0.1) is 0 Å². The molecule has 0 atom stereocenters. The Labute approximate surface area is 67.1 Å². The molecular weight excluding hydrogens is 140 g/mol. The molecule has 62 valence electrons. The van der Waals surface area contributed by atoms with E-state index in [4.69, 9.17) is 0 Å². The zero-order valence-corrected chi connectivity index (χ0v) is 6.89. The van der Waals surface area contributed by atoms with Crippen LogP contribution in [0.2, 0.25) is 0 Å². The summed E-state index contributed by atoms with van der Waals surface area (Å²) in [4.78, 5) is 13.0. The van der Waals surface area contributed by atoms with Crippen molar-refractivity contribution in [3.63, 3.8) is 0 Å². The van der Waals surface area contributed by atoms with Gasteiger partial charge in [-0.2, -0.15) is 0 Å². The van der Waals surface area contributed by atoms with Crippen molar-refractivity contribution in [2.75, 3.05) is 19.6 Å². The quantitative estimate of drug-likeness (QED) is 0.622. The number of piperazine rings is 1. The van der Waals surface area contributed by atoms with Crippen LogP contribution in [-0.2, 0) is 4.79 Å². The molecular formula is C8H14N2O. The fourth-order valence-electron chi connectivity index (χ4n) is 1.13. The number of nitrogens with one attached hydrogen (secondary N) is 1. The molecule has 0 spiro atoms. The summed E-state index contributed by atoms with van der Waals surface area (Å²) in [7, 11) is 0. The van der Waals surface area contributed by atoms with E-state index in [0.29, 0.717) is 6.54 Å². The summed E-state index contributed by atoms with van der Waals surface area (Å²) in [5, 5.41) is 3.01. The van der Waals surface area contributed by atoms with E-state index >= 15 is 0 Å². The van der Waals surface area contributed by atoms with Crippen LogP contribution in [0.3, 0.4) is 0 Å². The molecule has 1 aliphatic rings. The normalized spacial score (nSPS) is 18.6. The van der Waals surface area contributed by atoms with Gasteiger partial charge in [-0.1, -0.05) is 13.5 Å². The van der Waals surface area contributed by atoms with E-state index < -0.39 is 0 Å². The van der Waals surface area contributed by atoms with Crippen LogP contribution in [0.4, 0.5) is 0 Å². The Balaban J connectivity index is 2.54. The molecule has 0 saturated carbocycles. The molecule has 0 bridgehead atoms. The van der Waals surface area contributed by atoms with Crippen molar-refractivity contribution in [2.24, 2.45) is 0 Å². The molecule has 0 radical (unpaired) electrons. The van der Waals surface area contributed by atoms with E-state index in [9.17, 15) is 4.79 Å². The molecule has 11 heavy (non-hydrogen) atoms. The molecule has 1 fully saturated rings. The number of rotatable bonds is 2. The van der Waals surface area contributed by atoms with Crippen LogP contribution in [-0.4, -0.2) is 30.4 Å². The molecule has 1 rings (SSSR count). The number of carbonyl (C=O) groups is 1. The Kier molecular flexibility index (Phi) is 2.65. The highest BCUT2D eigenvalue weighted by Crippen LogP contribution is 2.07. The third-order valence-electron chi connectivity index (χ3n) is 1.88. The molecule has 1 heterocycles. The third-order valence-corrected chi connectivity index (χ3v) is 1.88. The summed E-state index contributed by atoms with van der Waals surface area (Å²) in [5.41, 5.74) is 0.927. The van der Waals surface area contributed by atoms with Crippen LogP contribution in [0.15, 0.2) is 12.3 Å². The lowest BCUT2D eigenvalue weighted by Crippen LogP contribution is -2.47. The lowest BCUT2D eigenvalue weighted by atomic mass is 10.2. The minimum absolute atomic E-state index is 0.142. The second kappa shape index (κ2) is 3.53. The Morgan fingerprint density at radius 3 is 3.09 bits per heavy atom. The van der Waals surface area contributed by atoms with Crippen LogP contribution >= 0.6 is 0 Å². The zero-order valence-electron chi connectivity index (χ0n) is 6.89. The molecule has 1 N–H and O–H groups in total. The average molecular weight is 154 g/mol. The Bertz CT molecular complexity index is 169. The highest BCUT2D eigenvalue weighted by Gasteiger charge is 2.18. The Morgan fingerprint density at radius 2 is 2.55 bits per heavy atom. The summed E-state index contributed by atoms with van der Waals surface area (Å²) in [6, 6.07) is 0. The Hall–Kier alpha value is -0.830. The first-order valence-corrected chi connectivity index (χ1v) is 3.94. The zero-order chi connectivity index (χ0) is 8.27. The van der Waals surface area contributed by atoms with Gasteiger partial charge in [-0.3, -0.25) is 4.79 Å². The third kappa shape index (κ3) is 1.80. The molecule has 3 nitrogen and oxygen atoms in total. The van der Waals surface area contributed by atoms with Gasteiger partial charge in [0.15, 0.2) is 0 Å². The van der Waals surface area contributed by atoms with Crippen molar-refractivity contribution in [1.82, 2.24) is 10.2 Å². The van der Waals surface area contributed by atoms with Crippen LogP contribution in [0.1, 0.15) is 13.3 Å². The maximum atomic E-state index is 11.2. The highest BCUT2D eigenvalue weighted by molar-refractivity contribution is 5.80. The first-order valence-electron chi connectivity index (χ1n) is 3.94. The van der Waals surface area contributed by atoms with Gasteiger partial charge in [-0.15, -0.1) is 0 Å². The molecule has 0 unspecified atom stereocenters. The fraction of sp³-hybridized carbons (Fsp3) is 0.625. The van der Waals surface area contributed by atoms with Crippen LogP contribution in [0.5, 0.6) is 0 Å². The van der Waals surface area contributed by atoms with Crippen LogP contribution < -0.4 is 5.32 Å². The lowest BCUT2D eigenvalue weighted by molar-refractivity contribution is -0.129. The summed E-state index contributed by atoms with van der Waals surface area (Å²) in [5.74, 6) is 0.142. The van der Waals surface area contributed by atoms with E-state index in [0.717, 1.165) is 25.2 Å². The minimum Gasteiger partial charge on any atom is -0.314 e. The molecule has 0 aromatic heterocycles. The molecule has 1 saturated heterocycles. The number of hydrogen-bond acceptors (Lipinski definition) is 2. The number of nitrogens with zero attached hydrogens (tertiary/aromatic N) is 1. The molecule has 3 heteroatoms. The summed E-state index contributed by atoms with van der Waals surface area (Å²) in [6.45, 7) is 7.94. The number of amides is 1. The number of carbonyl (C=O) groups excluding carboxylic acids is 1. The predicted molar refractivity (Wildman–Crippen MR) is 44.0 cm³/mol. The molecule has 0 aromatic rings. The van der Waals surface area contributed by atoms with Gasteiger partial charge in [0.1, 0.15) is 0 Å². The van der Waals surface area contributed by atoms with Crippen molar-refractivity contribution in [3.05, 3.63) is 12.3 Å². The molecule has 0 aliphatic carbocycles. The summed E-state index contributed by atoms with van der Waals surface area (Å²) in [6.07, 6.45) is 0.853. The Morgan fingerprint density at radius 1 is 1.82 bits per heavy atom. The number of hydrogen-bond donors (Lipinski definition) is 1. The van der Waals surface area contributed by atoms with E-state index in [-0.39, 0.29) is 5.91 Å². The van der Waals surface area contributed by atoms with Gasteiger partial charge in [0.05, 0.1) is 6.54 Å². The smallest absolute Gasteiger partial charge is 0.240 e. The predicted octanol–water partition coefficient (Wildman–Crippen LogP) is 0.342. The van der Waals surface area contributed by atoms with Gasteiger partial charge < -0.3 is 10.2 Å². The molecule has 0 aromatic carbocycles. The SMILES string of the molecule is C=C(CC)N1CCNCC1=O. The first-order chi connectivity index (χ1) is 5.25. The van der Waals surface area contributed by atoms with Gasteiger partial charge >= 0.3 is 0 Å². The summed E-state index contributed by atoms with van der Waals surface area (Å²) >= 11 is 0. The van der Waals surface area contributed by atoms with E-state index in [2.05, 4.69) is 11.9 Å². The van der Waals surface area contributed by atoms with E-state index in [1.165, 1.54) is 0 Å². The molecule has 1 aliphatic heterocycles.